The van der Waals surface area contributed by atoms with Crippen molar-refractivity contribution in [3.05, 3.63) is 47.2 Å². The summed E-state index contributed by atoms with van der Waals surface area (Å²) in [4.78, 5) is 23.1. The zero-order valence-corrected chi connectivity index (χ0v) is 20.0. The van der Waals surface area contributed by atoms with Gasteiger partial charge in [-0.1, -0.05) is 41.9 Å². The van der Waals surface area contributed by atoms with E-state index in [0.29, 0.717) is 22.9 Å². The fourth-order valence-corrected chi connectivity index (χ4v) is 5.31. The number of benzene rings is 1. The van der Waals surface area contributed by atoms with Crippen LogP contribution in [0.25, 0.3) is 22.4 Å². The molecule has 0 saturated carbocycles. The van der Waals surface area contributed by atoms with Crippen molar-refractivity contribution in [2.24, 2.45) is 11.8 Å². The van der Waals surface area contributed by atoms with Crippen molar-refractivity contribution in [2.75, 3.05) is 32.7 Å². The summed E-state index contributed by atoms with van der Waals surface area (Å²) in [6.07, 6.45) is 4.84. The van der Waals surface area contributed by atoms with Gasteiger partial charge in [-0.25, -0.2) is 4.98 Å². The smallest absolute Gasteiger partial charge is 0.259 e. The minimum Gasteiger partial charge on any atom is -0.338 e. The lowest BCUT2D eigenvalue weighted by atomic mass is 9.93. The molecule has 0 N–H and O–H groups in total. The number of piperidine rings is 2. The number of hydrogen-bond acceptors (Lipinski definition) is 5. The molecule has 0 aliphatic carbocycles. The molecule has 4 heterocycles. The first-order valence-electron chi connectivity index (χ1n) is 12.3. The number of fused-ring (bicyclic) bond motifs is 1. The van der Waals surface area contributed by atoms with Gasteiger partial charge in [0.25, 0.3) is 11.6 Å². The number of rotatable bonds is 4. The second-order valence-corrected chi connectivity index (χ2v) is 10.1. The summed E-state index contributed by atoms with van der Waals surface area (Å²) >= 11 is 0. The number of carbonyl (C=O) groups is 1. The molecule has 2 fully saturated rings. The van der Waals surface area contributed by atoms with Crippen LogP contribution in [0, 0.1) is 25.7 Å². The summed E-state index contributed by atoms with van der Waals surface area (Å²) in [5.74, 6) is 1.45. The molecule has 6 heteroatoms. The van der Waals surface area contributed by atoms with Crippen molar-refractivity contribution >= 4 is 17.0 Å². The highest BCUT2D eigenvalue weighted by molar-refractivity contribution is 6.07. The van der Waals surface area contributed by atoms with E-state index in [0.717, 1.165) is 48.6 Å². The van der Waals surface area contributed by atoms with Gasteiger partial charge < -0.3 is 14.3 Å². The quantitative estimate of drug-likeness (QED) is 0.559. The van der Waals surface area contributed by atoms with Gasteiger partial charge in [0.2, 0.25) is 0 Å². The summed E-state index contributed by atoms with van der Waals surface area (Å²) in [5, 5.41) is 4.86. The molecule has 0 radical (unpaired) electrons. The monoisotopic (exact) mass is 446 g/mol. The predicted molar refractivity (Wildman–Crippen MR) is 130 cm³/mol. The van der Waals surface area contributed by atoms with Crippen molar-refractivity contribution in [3.8, 4) is 11.3 Å². The average Bonchev–Trinajstić information content (AvgIpc) is 3.21. The third kappa shape index (κ3) is 4.67. The van der Waals surface area contributed by atoms with Gasteiger partial charge >= 0.3 is 0 Å². The summed E-state index contributed by atoms with van der Waals surface area (Å²) < 4.78 is 5.50. The van der Waals surface area contributed by atoms with E-state index in [1.807, 2.05) is 30.0 Å². The lowest BCUT2D eigenvalue weighted by Gasteiger charge is -2.38. The molecular formula is C27H34N4O2. The van der Waals surface area contributed by atoms with Crippen LogP contribution in [-0.4, -0.2) is 58.6 Å². The second kappa shape index (κ2) is 9.26. The maximum atomic E-state index is 13.8. The molecule has 2 aliphatic rings. The van der Waals surface area contributed by atoms with E-state index in [4.69, 9.17) is 4.52 Å². The van der Waals surface area contributed by atoms with E-state index in [1.54, 1.807) is 0 Å². The van der Waals surface area contributed by atoms with E-state index in [1.165, 1.54) is 37.9 Å². The van der Waals surface area contributed by atoms with Crippen LogP contribution >= 0.6 is 0 Å². The van der Waals surface area contributed by atoms with Crippen LogP contribution in [-0.2, 0) is 0 Å². The molecule has 1 atom stereocenters. The van der Waals surface area contributed by atoms with Gasteiger partial charge in [-0.15, -0.1) is 0 Å². The molecule has 1 unspecified atom stereocenters. The normalized spacial score (nSPS) is 20.5. The molecule has 174 valence electrons. The first kappa shape index (κ1) is 22.1. The molecule has 2 aliphatic heterocycles. The van der Waals surface area contributed by atoms with Crippen molar-refractivity contribution < 1.29 is 9.32 Å². The number of pyridine rings is 1. The molecule has 3 aromatic rings. The van der Waals surface area contributed by atoms with Crippen molar-refractivity contribution in [2.45, 2.75) is 46.5 Å². The van der Waals surface area contributed by atoms with Gasteiger partial charge in [-0.2, -0.15) is 0 Å². The Hall–Kier alpha value is -2.73. The minimum atomic E-state index is 0.0685. The number of likely N-dealkylation sites (tertiary alicyclic amines) is 2. The molecule has 2 aromatic heterocycles. The SMILES string of the molecule is Cc1ccc(-c2cc(C(=O)N3CCCC(CN4CCC(C)CC4)C3)c3c(C)noc3n2)cc1. The fourth-order valence-electron chi connectivity index (χ4n) is 5.31. The Balaban J connectivity index is 1.40. The Kier molecular flexibility index (Phi) is 6.19. The van der Waals surface area contributed by atoms with Gasteiger partial charge in [0.15, 0.2) is 0 Å². The van der Waals surface area contributed by atoms with Crippen molar-refractivity contribution in [3.63, 3.8) is 0 Å². The zero-order chi connectivity index (χ0) is 22.9. The van der Waals surface area contributed by atoms with Crippen molar-refractivity contribution in [1.29, 1.82) is 0 Å². The molecule has 1 aromatic carbocycles. The lowest BCUT2D eigenvalue weighted by Crippen LogP contribution is -2.45. The summed E-state index contributed by atoms with van der Waals surface area (Å²) in [6.45, 7) is 11.4. The highest BCUT2D eigenvalue weighted by Crippen LogP contribution is 2.30. The zero-order valence-electron chi connectivity index (χ0n) is 20.0. The molecule has 5 rings (SSSR count). The predicted octanol–water partition coefficient (Wildman–Crippen LogP) is 5.09. The molecule has 2 saturated heterocycles. The van der Waals surface area contributed by atoms with Crippen LogP contribution in [0.5, 0.6) is 0 Å². The van der Waals surface area contributed by atoms with Gasteiger partial charge in [0.1, 0.15) is 0 Å². The summed E-state index contributed by atoms with van der Waals surface area (Å²) in [5.41, 5.74) is 4.72. The Morgan fingerprint density at radius 1 is 1.09 bits per heavy atom. The molecule has 0 spiro atoms. The number of carbonyl (C=O) groups excluding carboxylic acids is 1. The number of amides is 1. The Bertz CT molecular complexity index is 1130. The van der Waals surface area contributed by atoms with Gasteiger partial charge in [-0.3, -0.25) is 4.79 Å². The highest BCUT2D eigenvalue weighted by atomic mass is 16.5. The number of nitrogens with zero attached hydrogens (tertiary/aromatic N) is 4. The largest absolute Gasteiger partial charge is 0.338 e. The van der Waals surface area contributed by atoms with Gasteiger partial charge in [0.05, 0.1) is 22.3 Å². The maximum absolute atomic E-state index is 13.8. The first-order chi connectivity index (χ1) is 16.0. The van der Waals surface area contributed by atoms with E-state index in [9.17, 15) is 4.79 Å². The van der Waals surface area contributed by atoms with Crippen LogP contribution in [0.1, 0.15) is 54.2 Å². The standard InChI is InChI=1S/C27H34N4O2/c1-18-6-8-22(9-7-18)24-15-23(25-20(3)29-33-26(25)28-24)27(32)31-12-4-5-21(17-31)16-30-13-10-19(2)11-14-30/h6-9,15,19,21H,4-5,10-14,16-17H2,1-3H3. The van der Waals surface area contributed by atoms with Gasteiger partial charge in [0, 0.05) is 25.2 Å². The average molecular weight is 447 g/mol. The maximum Gasteiger partial charge on any atom is 0.259 e. The van der Waals surface area contributed by atoms with Crippen LogP contribution in [0.2, 0.25) is 0 Å². The lowest BCUT2D eigenvalue weighted by molar-refractivity contribution is 0.0624. The molecule has 0 bridgehead atoms. The third-order valence-corrected chi connectivity index (χ3v) is 7.39. The van der Waals surface area contributed by atoms with E-state index >= 15 is 0 Å². The van der Waals surface area contributed by atoms with Crippen LogP contribution in [0.3, 0.4) is 0 Å². The number of aromatic nitrogens is 2. The second-order valence-electron chi connectivity index (χ2n) is 10.1. The van der Waals surface area contributed by atoms with E-state index in [2.05, 4.69) is 41.0 Å². The van der Waals surface area contributed by atoms with Crippen molar-refractivity contribution in [1.82, 2.24) is 19.9 Å². The summed E-state index contributed by atoms with van der Waals surface area (Å²) in [7, 11) is 0. The molecule has 6 nitrogen and oxygen atoms in total. The third-order valence-electron chi connectivity index (χ3n) is 7.39. The molecular weight excluding hydrogens is 412 g/mol. The number of aryl methyl sites for hydroxylation is 2. The van der Waals surface area contributed by atoms with Gasteiger partial charge in [-0.05, 0) is 70.5 Å². The van der Waals surface area contributed by atoms with Crippen LogP contribution in [0.4, 0.5) is 0 Å². The van der Waals surface area contributed by atoms with Crippen LogP contribution in [0.15, 0.2) is 34.9 Å². The topological polar surface area (TPSA) is 62.5 Å². The number of hydrogen-bond donors (Lipinski definition) is 0. The molecule has 1 amide bonds. The summed E-state index contributed by atoms with van der Waals surface area (Å²) in [6, 6.07) is 10.1. The molecule has 33 heavy (non-hydrogen) atoms. The van der Waals surface area contributed by atoms with E-state index < -0.39 is 0 Å². The Morgan fingerprint density at radius 3 is 2.61 bits per heavy atom. The Labute approximate surface area is 195 Å². The highest BCUT2D eigenvalue weighted by Gasteiger charge is 2.29. The van der Waals surface area contributed by atoms with Crippen LogP contribution < -0.4 is 0 Å². The minimum absolute atomic E-state index is 0.0685. The fraction of sp³-hybridized carbons (Fsp3) is 0.519. The Morgan fingerprint density at radius 2 is 1.85 bits per heavy atom. The van der Waals surface area contributed by atoms with E-state index in [-0.39, 0.29) is 5.91 Å². The first-order valence-corrected chi connectivity index (χ1v) is 12.3.